The first-order valence-electron chi connectivity index (χ1n) is 8.15. The van der Waals surface area contributed by atoms with Crippen molar-refractivity contribution in [2.45, 2.75) is 18.5 Å². The van der Waals surface area contributed by atoms with Crippen LogP contribution in [0.4, 0.5) is 9.59 Å². The van der Waals surface area contributed by atoms with Crippen molar-refractivity contribution in [3.63, 3.8) is 0 Å². The molecule has 0 aromatic rings. The summed E-state index contributed by atoms with van der Waals surface area (Å²) in [4.78, 5) is 67.5. The van der Waals surface area contributed by atoms with Gasteiger partial charge in [0.2, 0.25) is 11.8 Å². The molecule has 3 saturated heterocycles. The molecule has 0 spiro atoms. The summed E-state index contributed by atoms with van der Waals surface area (Å²) in [6.07, 6.45) is 0.309. The van der Waals surface area contributed by atoms with Gasteiger partial charge in [-0.2, -0.15) is 0 Å². The van der Waals surface area contributed by atoms with Crippen LogP contribution >= 0.6 is 0 Å². The van der Waals surface area contributed by atoms with Crippen LogP contribution in [0.5, 0.6) is 0 Å². The molecule has 4 aliphatic rings. The van der Waals surface area contributed by atoms with Crippen molar-refractivity contribution in [2.75, 3.05) is 33.8 Å². The highest BCUT2D eigenvalue weighted by atomic mass is 16.5. The maximum atomic E-state index is 12.8. The Labute approximate surface area is 143 Å². The van der Waals surface area contributed by atoms with E-state index in [4.69, 9.17) is 0 Å². The van der Waals surface area contributed by atoms with Gasteiger partial charge in [-0.15, -0.1) is 0 Å². The van der Waals surface area contributed by atoms with Crippen molar-refractivity contribution in [1.29, 1.82) is 0 Å². The number of esters is 1. The molecule has 25 heavy (non-hydrogen) atoms. The first-order chi connectivity index (χ1) is 11.9. The van der Waals surface area contributed by atoms with Crippen LogP contribution in [0.15, 0.2) is 0 Å². The quantitative estimate of drug-likeness (QED) is 0.573. The van der Waals surface area contributed by atoms with Crippen LogP contribution in [-0.4, -0.2) is 95.3 Å². The van der Waals surface area contributed by atoms with Gasteiger partial charge in [-0.05, 0) is 6.42 Å². The number of ether oxygens (including phenoxy) is 1. The van der Waals surface area contributed by atoms with Gasteiger partial charge in [0, 0.05) is 20.1 Å². The van der Waals surface area contributed by atoms with Crippen LogP contribution in [0.2, 0.25) is 0 Å². The molecule has 4 unspecified atom stereocenters. The molecule has 0 N–H and O–H groups in total. The lowest BCUT2D eigenvalue weighted by Crippen LogP contribution is -2.82. The molecule has 0 radical (unpaired) electrons. The van der Waals surface area contributed by atoms with Crippen LogP contribution in [0.25, 0.3) is 0 Å². The normalized spacial score (nSPS) is 33.8. The minimum atomic E-state index is -0.726. The van der Waals surface area contributed by atoms with E-state index >= 15 is 0 Å². The molecular formula is C15H18N4O6. The lowest BCUT2D eigenvalue weighted by atomic mass is 9.60. The summed E-state index contributed by atoms with van der Waals surface area (Å²) in [5.41, 5.74) is 0. The summed E-state index contributed by atoms with van der Waals surface area (Å²) in [5.74, 6) is -2.77. The predicted octanol–water partition coefficient (Wildman–Crippen LogP) is -1.30. The zero-order valence-electron chi connectivity index (χ0n) is 13.9. The Morgan fingerprint density at radius 3 is 2.16 bits per heavy atom. The van der Waals surface area contributed by atoms with Crippen molar-refractivity contribution in [2.24, 2.45) is 11.8 Å². The second-order valence-electron chi connectivity index (χ2n) is 6.75. The smallest absolute Gasteiger partial charge is 0.327 e. The van der Waals surface area contributed by atoms with Crippen LogP contribution in [0, 0.1) is 11.8 Å². The monoisotopic (exact) mass is 350 g/mol. The van der Waals surface area contributed by atoms with Crippen molar-refractivity contribution >= 4 is 29.8 Å². The zero-order valence-corrected chi connectivity index (χ0v) is 13.9. The molecule has 6 amide bonds. The number of rotatable bonds is 2. The number of methoxy groups -OCH3 is 1. The van der Waals surface area contributed by atoms with Crippen LogP contribution < -0.4 is 0 Å². The maximum absolute atomic E-state index is 12.8. The second-order valence-corrected chi connectivity index (χ2v) is 6.75. The minimum absolute atomic E-state index is 0.108. The number of hydrogen-bond acceptors (Lipinski definition) is 6. The fourth-order valence-corrected chi connectivity index (χ4v) is 4.48. The second kappa shape index (κ2) is 5.17. The largest absolute Gasteiger partial charge is 0.468 e. The average molecular weight is 350 g/mol. The molecular weight excluding hydrogens is 332 g/mol. The highest BCUT2D eigenvalue weighted by molar-refractivity contribution is 6.07. The fourth-order valence-electron chi connectivity index (χ4n) is 4.48. The molecule has 3 aliphatic heterocycles. The molecule has 1 aliphatic carbocycles. The lowest BCUT2D eigenvalue weighted by molar-refractivity contribution is -0.177. The molecule has 4 rings (SSSR count). The third kappa shape index (κ3) is 1.87. The summed E-state index contributed by atoms with van der Waals surface area (Å²) in [5, 5.41) is 0. The third-order valence-electron chi connectivity index (χ3n) is 5.68. The van der Waals surface area contributed by atoms with Gasteiger partial charge in [0.15, 0.2) is 0 Å². The zero-order chi connectivity index (χ0) is 18.0. The van der Waals surface area contributed by atoms with Crippen LogP contribution in [0.1, 0.15) is 6.42 Å². The molecule has 4 atom stereocenters. The van der Waals surface area contributed by atoms with E-state index < -0.39 is 47.9 Å². The summed E-state index contributed by atoms with van der Waals surface area (Å²) in [7, 11) is 2.78. The Morgan fingerprint density at radius 1 is 1.00 bits per heavy atom. The number of amides is 6. The fraction of sp³-hybridized carbons (Fsp3) is 0.667. The SMILES string of the molecule is COC(=O)CN1C(=O)N2CCCN3C(=O)C4C(C2=O)C1C4N(C)C3=O. The molecule has 134 valence electrons. The number of nitrogens with zero attached hydrogens (tertiary/aromatic N) is 4. The molecule has 3 heterocycles. The van der Waals surface area contributed by atoms with Gasteiger partial charge in [0.05, 0.1) is 31.0 Å². The Kier molecular flexibility index (Phi) is 3.28. The van der Waals surface area contributed by atoms with Crippen molar-refractivity contribution in [3.05, 3.63) is 0 Å². The van der Waals surface area contributed by atoms with Gasteiger partial charge in [0.25, 0.3) is 0 Å². The Morgan fingerprint density at radius 2 is 1.56 bits per heavy atom. The number of likely N-dealkylation sites (N-methyl/N-ethyl adjacent to an activating group) is 1. The maximum Gasteiger partial charge on any atom is 0.327 e. The van der Waals surface area contributed by atoms with Crippen molar-refractivity contribution < 1.29 is 28.7 Å². The number of carbonyl (C=O) groups is 5. The summed E-state index contributed by atoms with van der Waals surface area (Å²) in [6.45, 7) is -0.0448. The Hall–Kier alpha value is -2.65. The third-order valence-corrected chi connectivity index (χ3v) is 5.68. The van der Waals surface area contributed by atoms with Crippen LogP contribution in [0.3, 0.4) is 0 Å². The van der Waals surface area contributed by atoms with Gasteiger partial charge in [-0.1, -0.05) is 0 Å². The van der Waals surface area contributed by atoms with Gasteiger partial charge >= 0.3 is 18.0 Å². The van der Waals surface area contributed by atoms with Gasteiger partial charge in [-0.25, -0.2) is 9.59 Å². The molecule has 10 heteroatoms. The van der Waals surface area contributed by atoms with Gasteiger partial charge in [0.1, 0.15) is 6.54 Å². The number of imide groups is 2. The molecule has 0 aromatic heterocycles. The Bertz CT molecular complexity index is 708. The van der Waals surface area contributed by atoms with Crippen molar-refractivity contribution in [1.82, 2.24) is 19.6 Å². The number of carbonyl (C=O) groups excluding carboxylic acids is 5. The van der Waals surface area contributed by atoms with E-state index in [-0.39, 0.29) is 25.5 Å². The highest BCUT2D eigenvalue weighted by Crippen LogP contribution is 2.49. The van der Waals surface area contributed by atoms with E-state index in [1.807, 2.05) is 0 Å². The minimum Gasteiger partial charge on any atom is -0.468 e. The van der Waals surface area contributed by atoms with E-state index in [1.54, 1.807) is 7.05 Å². The van der Waals surface area contributed by atoms with Gasteiger partial charge in [-0.3, -0.25) is 24.2 Å². The summed E-state index contributed by atoms with van der Waals surface area (Å²) in [6, 6.07) is -2.27. The molecule has 0 aromatic carbocycles. The average Bonchev–Trinajstić information content (AvgIpc) is 2.57. The predicted molar refractivity (Wildman–Crippen MR) is 79.9 cm³/mol. The molecule has 4 bridgehead atoms. The summed E-state index contributed by atoms with van der Waals surface area (Å²) >= 11 is 0. The van der Waals surface area contributed by atoms with E-state index in [1.165, 1.54) is 21.8 Å². The van der Waals surface area contributed by atoms with E-state index in [0.717, 1.165) is 4.90 Å². The number of fused-ring (bicyclic) bond motifs is 3. The molecule has 4 fully saturated rings. The van der Waals surface area contributed by atoms with E-state index in [0.29, 0.717) is 6.42 Å². The lowest BCUT2D eigenvalue weighted by Gasteiger charge is -2.62. The molecule has 1 saturated carbocycles. The number of hydrogen-bond donors (Lipinski definition) is 0. The number of urea groups is 2. The molecule has 10 nitrogen and oxygen atoms in total. The van der Waals surface area contributed by atoms with Gasteiger partial charge < -0.3 is 14.5 Å². The summed E-state index contributed by atoms with van der Waals surface area (Å²) < 4.78 is 4.65. The van der Waals surface area contributed by atoms with E-state index in [9.17, 15) is 24.0 Å². The van der Waals surface area contributed by atoms with Crippen LogP contribution in [-0.2, 0) is 19.1 Å². The van der Waals surface area contributed by atoms with E-state index in [2.05, 4.69) is 4.74 Å². The Balaban J connectivity index is 1.80. The van der Waals surface area contributed by atoms with Crippen molar-refractivity contribution in [3.8, 4) is 0 Å². The highest BCUT2D eigenvalue weighted by Gasteiger charge is 2.69. The first-order valence-corrected chi connectivity index (χ1v) is 8.15. The topological polar surface area (TPSA) is 108 Å². The first kappa shape index (κ1) is 15.9. The standard InChI is InChI=1S/C15H18N4O6/c1-16-10-8-9-11(10)19(6-7(20)25-2)15(24)18(13(9)22)5-3-4-17(12(8)21)14(16)23/h8-11H,3-6H2,1-2H3.